The molecule has 1 N–H and O–H groups in total. The molecule has 0 saturated heterocycles. The molecular formula is C29H35N3O6S. The molecule has 1 atom stereocenters. The number of carbonyl (C=O) groups is 2. The van der Waals surface area contributed by atoms with Crippen LogP contribution in [0.25, 0.3) is 0 Å². The van der Waals surface area contributed by atoms with Gasteiger partial charge in [0, 0.05) is 13.6 Å². The number of aryl methyl sites for hydroxylation is 1. The van der Waals surface area contributed by atoms with Crippen LogP contribution in [-0.2, 0) is 26.2 Å². The first kappa shape index (κ1) is 29.5. The molecule has 3 aromatic rings. The van der Waals surface area contributed by atoms with Crippen molar-refractivity contribution in [2.24, 2.45) is 0 Å². The van der Waals surface area contributed by atoms with E-state index in [1.807, 2.05) is 13.8 Å². The van der Waals surface area contributed by atoms with Crippen LogP contribution in [0.5, 0.6) is 11.5 Å². The molecule has 3 aromatic carbocycles. The molecule has 2 amide bonds. The highest BCUT2D eigenvalue weighted by Crippen LogP contribution is 2.26. The molecule has 208 valence electrons. The number of likely N-dealkylation sites (N-methyl/N-ethyl adjacent to an activating group) is 1. The summed E-state index contributed by atoms with van der Waals surface area (Å²) >= 11 is 0. The second-order valence-electron chi connectivity index (χ2n) is 8.91. The van der Waals surface area contributed by atoms with Crippen molar-refractivity contribution in [1.82, 2.24) is 10.2 Å². The summed E-state index contributed by atoms with van der Waals surface area (Å²) in [5.74, 6) is 0.299. The molecule has 0 bridgehead atoms. The first-order valence-corrected chi connectivity index (χ1v) is 14.0. The number of nitrogens with zero attached hydrogens (tertiary/aromatic N) is 2. The summed E-state index contributed by atoms with van der Waals surface area (Å²) in [4.78, 5) is 27.8. The van der Waals surface area contributed by atoms with Gasteiger partial charge in [0.05, 0.1) is 24.3 Å². The lowest BCUT2D eigenvalue weighted by Crippen LogP contribution is -2.50. The first-order chi connectivity index (χ1) is 18.6. The Hall–Kier alpha value is -4.05. The van der Waals surface area contributed by atoms with Crippen molar-refractivity contribution in [2.45, 2.75) is 38.3 Å². The Labute approximate surface area is 230 Å². The molecule has 39 heavy (non-hydrogen) atoms. The largest absolute Gasteiger partial charge is 0.497 e. The second kappa shape index (κ2) is 13.1. The van der Waals surface area contributed by atoms with Crippen LogP contribution in [0.15, 0.2) is 77.7 Å². The zero-order valence-corrected chi connectivity index (χ0v) is 23.7. The molecule has 0 heterocycles. The molecule has 9 nitrogen and oxygen atoms in total. The Kier molecular flexibility index (Phi) is 9.95. The van der Waals surface area contributed by atoms with Gasteiger partial charge in [-0.25, -0.2) is 8.42 Å². The van der Waals surface area contributed by atoms with Gasteiger partial charge in [-0.05, 0) is 74.9 Å². The quantitative estimate of drug-likeness (QED) is 0.366. The Morgan fingerprint density at radius 1 is 0.923 bits per heavy atom. The van der Waals surface area contributed by atoms with Crippen molar-refractivity contribution in [2.75, 3.05) is 31.6 Å². The number of benzene rings is 3. The number of methoxy groups -OCH3 is 1. The third-order valence-corrected chi connectivity index (χ3v) is 8.04. The fourth-order valence-corrected chi connectivity index (χ4v) is 5.37. The second-order valence-corrected chi connectivity index (χ2v) is 10.8. The number of anilines is 1. The Morgan fingerprint density at radius 3 is 2.05 bits per heavy atom. The van der Waals surface area contributed by atoms with Crippen molar-refractivity contribution < 1.29 is 27.5 Å². The third kappa shape index (κ3) is 7.29. The summed E-state index contributed by atoms with van der Waals surface area (Å²) in [5.41, 5.74) is 2.04. The van der Waals surface area contributed by atoms with Gasteiger partial charge >= 0.3 is 0 Å². The van der Waals surface area contributed by atoms with Crippen molar-refractivity contribution >= 4 is 27.5 Å². The van der Waals surface area contributed by atoms with E-state index in [0.29, 0.717) is 23.8 Å². The number of hydrogen-bond donors (Lipinski definition) is 1. The molecule has 0 unspecified atom stereocenters. The normalized spacial score (nSPS) is 11.8. The molecule has 0 spiro atoms. The Bertz CT molecular complexity index is 1360. The van der Waals surface area contributed by atoms with Gasteiger partial charge in [-0.1, -0.05) is 29.8 Å². The average Bonchev–Trinajstić information content (AvgIpc) is 2.95. The van der Waals surface area contributed by atoms with Crippen LogP contribution in [0.1, 0.15) is 25.0 Å². The van der Waals surface area contributed by atoms with Crippen LogP contribution in [0, 0.1) is 6.92 Å². The number of rotatable bonds is 12. The van der Waals surface area contributed by atoms with Gasteiger partial charge < -0.3 is 19.7 Å². The van der Waals surface area contributed by atoms with E-state index in [9.17, 15) is 18.0 Å². The van der Waals surface area contributed by atoms with E-state index in [2.05, 4.69) is 5.32 Å². The minimum absolute atomic E-state index is 0.0142. The average molecular weight is 554 g/mol. The maximum Gasteiger partial charge on any atom is 0.264 e. The fourth-order valence-electron chi connectivity index (χ4n) is 3.96. The van der Waals surface area contributed by atoms with E-state index in [-0.39, 0.29) is 17.3 Å². The van der Waals surface area contributed by atoms with E-state index in [0.717, 1.165) is 15.4 Å². The summed E-state index contributed by atoms with van der Waals surface area (Å²) in [6.07, 6.45) is 0. The zero-order chi connectivity index (χ0) is 28.6. The van der Waals surface area contributed by atoms with Gasteiger partial charge in [0.1, 0.15) is 24.1 Å². The lowest BCUT2D eigenvalue weighted by molar-refractivity contribution is -0.139. The minimum Gasteiger partial charge on any atom is -0.497 e. The fraction of sp³-hybridized carbons (Fsp3) is 0.310. The summed E-state index contributed by atoms with van der Waals surface area (Å²) in [5, 5.41) is 2.57. The molecule has 0 aliphatic rings. The van der Waals surface area contributed by atoms with E-state index in [1.165, 1.54) is 24.1 Å². The summed E-state index contributed by atoms with van der Waals surface area (Å²) in [6.45, 7) is 5.38. The van der Waals surface area contributed by atoms with Crippen LogP contribution >= 0.6 is 0 Å². The van der Waals surface area contributed by atoms with Gasteiger partial charge in [0.2, 0.25) is 11.8 Å². The molecule has 0 saturated carbocycles. The molecule has 0 fully saturated rings. The van der Waals surface area contributed by atoms with Gasteiger partial charge in [-0.2, -0.15) is 0 Å². The van der Waals surface area contributed by atoms with Gasteiger partial charge in [-0.3, -0.25) is 13.9 Å². The maximum atomic E-state index is 13.9. The van der Waals surface area contributed by atoms with Crippen LogP contribution in [0.2, 0.25) is 0 Å². The third-order valence-electron chi connectivity index (χ3n) is 6.25. The number of sulfonamides is 1. The van der Waals surface area contributed by atoms with Crippen LogP contribution in [-0.4, -0.2) is 58.5 Å². The predicted molar refractivity (Wildman–Crippen MR) is 150 cm³/mol. The van der Waals surface area contributed by atoms with E-state index in [1.54, 1.807) is 74.7 Å². The molecule has 3 rings (SSSR count). The summed E-state index contributed by atoms with van der Waals surface area (Å²) < 4.78 is 39.4. The van der Waals surface area contributed by atoms with Crippen LogP contribution in [0.3, 0.4) is 0 Å². The lowest BCUT2D eigenvalue weighted by atomic mass is 10.1. The van der Waals surface area contributed by atoms with E-state index >= 15 is 0 Å². The standard InChI is InChI=1S/C29H35N3O6S/c1-6-38-26-15-17-27(18-16-26)39(35,36)32(24-11-7-21(2)8-12-24)20-28(33)31(22(3)29(34)30-4)19-23-9-13-25(37-5)14-10-23/h7-18,22H,6,19-20H2,1-5H3,(H,30,34)/t22-/m0/s1. The zero-order valence-electron chi connectivity index (χ0n) is 22.9. The Morgan fingerprint density at radius 2 is 1.51 bits per heavy atom. The highest BCUT2D eigenvalue weighted by molar-refractivity contribution is 7.92. The molecule has 0 radical (unpaired) electrons. The van der Waals surface area contributed by atoms with Gasteiger partial charge in [0.15, 0.2) is 0 Å². The smallest absolute Gasteiger partial charge is 0.264 e. The van der Waals surface area contributed by atoms with Crippen molar-refractivity contribution in [3.8, 4) is 11.5 Å². The van der Waals surface area contributed by atoms with Crippen LogP contribution < -0.4 is 19.1 Å². The van der Waals surface area contributed by atoms with E-state index < -0.39 is 28.5 Å². The van der Waals surface area contributed by atoms with Crippen LogP contribution in [0.4, 0.5) is 5.69 Å². The summed E-state index contributed by atoms with van der Waals surface area (Å²) in [7, 11) is -1.10. The molecular weight excluding hydrogens is 518 g/mol. The molecule has 0 aromatic heterocycles. The molecule has 0 aliphatic carbocycles. The Balaban J connectivity index is 2.00. The predicted octanol–water partition coefficient (Wildman–Crippen LogP) is 3.76. The number of nitrogens with one attached hydrogen (secondary N) is 1. The highest BCUT2D eigenvalue weighted by atomic mass is 32.2. The minimum atomic E-state index is -4.15. The first-order valence-electron chi connectivity index (χ1n) is 12.6. The lowest BCUT2D eigenvalue weighted by Gasteiger charge is -2.31. The number of ether oxygens (including phenoxy) is 2. The highest BCUT2D eigenvalue weighted by Gasteiger charge is 2.32. The number of hydrogen-bond acceptors (Lipinski definition) is 6. The maximum absolute atomic E-state index is 13.9. The van der Waals surface area contributed by atoms with Gasteiger partial charge in [0.25, 0.3) is 10.0 Å². The van der Waals surface area contributed by atoms with Gasteiger partial charge in [-0.15, -0.1) is 0 Å². The monoisotopic (exact) mass is 553 g/mol. The van der Waals surface area contributed by atoms with Crippen molar-refractivity contribution in [3.63, 3.8) is 0 Å². The van der Waals surface area contributed by atoms with Crippen molar-refractivity contribution in [3.05, 3.63) is 83.9 Å². The van der Waals surface area contributed by atoms with Crippen molar-refractivity contribution in [1.29, 1.82) is 0 Å². The topological polar surface area (TPSA) is 105 Å². The molecule has 0 aliphatic heterocycles. The summed E-state index contributed by atoms with van der Waals surface area (Å²) in [6, 6.07) is 19.2. The van der Waals surface area contributed by atoms with E-state index in [4.69, 9.17) is 9.47 Å². The number of carbonyl (C=O) groups excluding carboxylic acids is 2. The molecule has 10 heteroatoms. The number of amides is 2. The SMILES string of the molecule is CCOc1ccc(S(=O)(=O)N(CC(=O)N(Cc2ccc(OC)cc2)[C@@H](C)C(=O)NC)c2ccc(C)cc2)cc1.